The molecule has 1 aliphatic rings. The highest BCUT2D eigenvalue weighted by Crippen LogP contribution is 2.28. The van der Waals surface area contributed by atoms with Crippen LogP contribution in [0.1, 0.15) is 26.3 Å². The minimum Gasteiger partial charge on any atom is -0.493 e. The summed E-state index contributed by atoms with van der Waals surface area (Å²) in [6.45, 7) is 1.01. The van der Waals surface area contributed by atoms with Gasteiger partial charge in [-0.2, -0.15) is 0 Å². The van der Waals surface area contributed by atoms with E-state index in [0.717, 1.165) is 5.56 Å². The first-order chi connectivity index (χ1) is 12.2. The third-order valence-electron chi connectivity index (χ3n) is 4.13. The largest absolute Gasteiger partial charge is 0.493 e. The molecule has 0 bridgehead atoms. The van der Waals surface area contributed by atoms with Gasteiger partial charge in [-0.1, -0.05) is 36.4 Å². The normalized spacial score (nSPS) is 13.0. The molecule has 0 fully saturated rings. The fourth-order valence-corrected chi connectivity index (χ4v) is 2.84. The van der Waals surface area contributed by atoms with Crippen molar-refractivity contribution < 1.29 is 19.1 Å². The number of nitrogens with one attached hydrogen (secondary N) is 1. The average molecular weight is 337 g/mol. The molecule has 2 aromatic rings. The van der Waals surface area contributed by atoms with E-state index in [1.165, 1.54) is 0 Å². The highest BCUT2D eigenvalue weighted by Gasteiger charge is 2.31. The van der Waals surface area contributed by atoms with Crippen LogP contribution in [0, 0.1) is 0 Å². The standard InChI is InChI=1S/C20H19NO4/c1-24-17-8-7-13(11-18(17)25-2)12-21-10-9-16-19(22)14-5-3-4-6-15(14)20(16)23/h3-9,11,21H,10,12H2,1-2H3. The van der Waals surface area contributed by atoms with Crippen LogP contribution in [-0.4, -0.2) is 32.3 Å². The van der Waals surface area contributed by atoms with Crippen LogP contribution in [0.2, 0.25) is 0 Å². The van der Waals surface area contributed by atoms with Crippen LogP contribution in [0.15, 0.2) is 54.1 Å². The molecule has 0 spiro atoms. The Morgan fingerprint density at radius 1 is 0.920 bits per heavy atom. The maximum atomic E-state index is 12.3. The Morgan fingerprint density at radius 3 is 2.16 bits per heavy atom. The molecule has 0 aromatic heterocycles. The smallest absolute Gasteiger partial charge is 0.197 e. The number of rotatable bonds is 6. The number of hydrogen-bond acceptors (Lipinski definition) is 5. The lowest BCUT2D eigenvalue weighted by Crippen LogP contribution is -2.15. The van der Waals surface area contributed by atoms with Crippen LogP contribution in [-0.2, 0) is 6.54 Å². The van der Waals surface area contributed by atoms with Crippen molar-refractivity contribution >= 4 is 11.6 Å². The van der Waals surface area contributed by atoms with Crippen molar-refractivity contribution in [2.75, 3.05) is 20.8 Å². The molecular formula is C20H19NO4. The first-order valence-corrected chi connectivity index (χ1v) is 7.96. The Kier molecular flexibility index (Phi) is 4.95. The first-order valence-electron chi connectivity index (χ1n) is 7.96. The number of carbonyl (C=O) groups is 2. The molecule has 5 heteroatoms. The average Bonchev–Trinajstić information content (AvgIpc) is 2.90. The van der Waals surface area contributed by atoms with Gasteiger partial charge in [-0.25, -0.2) is 0 Å². The van der Waals surface area contributed by atoms with E-state index in [1.54, 1.807) is 44.6 Å². The Labute approximate surface area is 146 Å². The molecule has 0 amide bonds. The molecule has 25 heavy (non-hydrogen) atoms. The molecule has 0 unspecified atom stereocenters. The predicted octanol–water partition coefficient (Wildman–Crippen LogP) is 2.80. The molecule has 0 atom stereocenters. The second kappa shape index (κ2) is 7.32. The summed E-state index contributed by atoms with van der Waals surface area (Å²) in [5.74, 6) is 0.937. The third-order valence-corrected chi connectivity index (χ3v) is 4.13. The molecule has 2 aromatic carbocycles. The summed E-state index contributed by atoms with van der Waals surface area (Å²) in [6.07, 6.45) is 1.66. The van der Waals surface area contributed by atoms with Gasteiger partial charge in [0.05, 0.1) is 19.8 Å². The summed E-state index contributed by atoms with van der Waals surface area (Å²) in [4.78, 5) is 24.6. The summed E-state index contributed by atoms with van der Waals surface area (Å²) >= 11 is 0. The van der Waals surface area contributed by atoms with Gasteiger partial charge >= 0.3 is 0 Å². The molecule has 3 rings (SSSR count). The number of allylic oxidation sites excluding steroid dienone is 1. The topological polar surface area (TPSA) is 64.6 Å². The summed E-state index contributed by atoms with van der Waals surface area (Å²) in [6, 6.07) is 12.6. The fraction of sp³-hybridized carbons (Fsp3) is 0.200. The van der Waals surface area contributed by atoms with E-state index >= 15 is 0 Å². The zero-order valence-corrected chi connectivity index (χ0v) is 14.2. The summed E-state index contributed by atoms with van der Waals surface area (Å²) in [5, 5.41) is 3.21. The Bertz CT molecular complexity index is 818. The lowest BCUT2D eigenvalue weighted by atomic mass is 10.1. The molecular weight excluding hydrogens is 318 g/mol. The molecule has 1 aliphatic carbocycles. The molecule has 5 nitrogen and oxygen atoms in total. The van der Waals surface area contributed by atoms with Crippen molar-refractivity contribution in [3.8, 4) is 11.5 Å². The predicted molar refractivity (Wildman–Crippen MR) is 94.4 cm³/mol. The molecule has 0 heterocycles. The van der Waals surface area contributed by atoms with E-state index in [0.29, 0.717) is 35.7 Å². The fourth-order valence-electron chi connectivity index (χ4n) is 2.84. The van der Waals surface area contributed by atoms with Crippen LogP contribution in [0.3, 0.4) is 0 Å². The van der Waals surface area contributed by atoms with Crippen LogP contribution >= 0.6 is 0 Å². The second-order valence-corrected chi connectivity index (χ2v) is 5.64. The van der Waals surface area contributed by atoms with E-state index < -0.39 is 0 Å². The lowest BCUT2D eigenvalue weighted by molar-refractivity contribution is 0.0988. The number of methoxy groups -OCH3 is 2. The van der Waals surface area contributed by atoms with Gasteiger partial charge in [-0.3, -0.25) is 9.59 Å². The zero-order chi connectivity index (χ0) is 17.8. The molecule has 0 saturated heterocycles. The molecule has 0 aliphatic heterocycles. The number of hydrogen-bond donors (Lipinski definition) is 1. The SMILES string of the molecule is COc1ccc(CNCC=C2C(=O)c3ccccc3C2=O)cc1OC. The number of Topliss-reactive ketones (excluding diaryl/α,β-unsaturated/α-hetero) is 2. The van der Waals surface area contributed by atoms with Gasteiger partial charge < -0.3 is 14.8 Å². The lowest BCUT2D eigenvalue weighted by Gasteiger charge is -2.09. The van der Waals surface area contributed by atoms with Crippen molar-refractivity contribution in [3.05, 3.63) is 70.8 Å². The van der Waals surface area contributed by atoms with Gasteiger partial charge in [0.1, 0.15) is 0 Å². The summed E-state index contributed by atoms with van der Waals surface area (Å²) < 4.78 is 10.5. The van der Waals surface area contributed by atoms with E-state index in [-0.39, 0.29) is 17.1 Å². The number of benzene rings is 2. The van der Waals surface area contributed by atoms with Crippen LogP contribution < -0.4 is 14.8 Å². The van der Waals surface area contributed by atoms with Gasteiger partial charge in [0.25, 0.3) is 0 Å². The minimum atomic E-state index is -0.200. The number of carbonyl (C=O) groups excluding carboxylic acids is 2. The monoisotopic (exact) mass is 337 g/mol. The number of ether oxygens (including phenoxy) is 2. The van der Waals surface area contributed by atoms with Crippen molar-refractivity contribution in [3.63, 3.8) is 0 Å². The van der Waals surface area contributed by atoms with Crippen LogP contribution in [0.5, 0.6) is 11.5 Å². The number of fused-ring (bicyclic) bond motifs is 1. The molecule has 0 radical (unpaired) electrons. The highest BCUT2D eigenvalue weighted by atomic mass is 16.5. The van der Waals surface area contributed by atoms with Crippen LogP contribution in [0.4, 0.5) is 0 Å². The maximum Gasteiger partial charge on any atom is 0.197 e. The quantitative estimate of drug-likeness (QED) is 0.499. The minimum absolute atomic E-state index is 0.200. The Morgan fingerprint density at radius 2 is 1.56 bits per heavy atom. The van der Waals surface area contributed by atoms with E-state index in [4.69, 9.17) is 9.47 Å². The van der Waals surface area contributed by atoms with Crippen LogP contribution in [0.25, 0.3) is 0 Å². The third kappa shape index (κ3) is 3.32. The Hall–Kier alpha value is -2.92. The van der Waals surface area contributed by atoms with Gasteiger partial charge in [-0.15, -0.1) is 0 Å². The van der Waals surface area contributed by atoms with Gasteiger partial charge in [0, 0.05) is 24.2 Å². The van der Waals surface area contributed by atoms with Crippen molar-refractivity contribution in [1.82, 2.24) is 5.32 Å². The second-order valence-electron chi connectivity index (χ2n) is 5.64. The van der Waals surface area contributed by atoms with Gasteiger partial charge in [-0.05, 0) is 17.7 Å². The van der Waals surface area contributed by atoms with E-state index in [1.807, 2.05) is 18.2 Å². The van der Waals surface area contributed by atoms with E-state index in [9.17, 15) is 9.59 Å². The van der Waals surface area contributed by atoms with Gasteiger partial charge in [0.2, 0.25) is 0 Å². The summed E-state index contributed by atoms with van der Waals surface area (Å²) in [5.41, 5.74) is 2.22. The van der Waals surface area contributed by atoms with Crippen molar-refractivity contribution in [2.45, 2.75) is 6.54 Å². The summed E-state index contributed by atoms with van der Waals surface area (Å²) in [7, 11) is 3.18. The highest BCUT2D eigenvalue weighted by molar-refractivity contribution is 6.39. The molecule has 0 saturated carbocycles. The maximum absolute atomic E-state index is 12.3. The Balaban J connectivity index is 1.63. The number of ketones is 2. The molecule has 1 N–H and O–H groups in total. The van der Waals surface area contributed by atoms with Gasteiger partial charge in [0.15, 0.2) is 23.1 Å². The first kappa shape index (κ1) is 16.9. The zero-order valence-electron chi connectivity index (χ0n) is 14.2. The van der Waals surface area contributed by atoms with Crippen molar-refractivity contribution in [2.24, 2.45) is 0 Å². The molecule has 128 valence electrons. The van der Waals surface area contributed by atoms with E-state index in [2.05, 4.69) is 5.32 Å². The van der Waals surface area contributed by atoms with Crippen molar-refractivity contribution in [1.29, 1.82) is 0 Å².